The molecule has 14 heteroatoms. The second kappa shape index (κ2) is 38.3. The molecule has 0 saturated heterocycles. The quantitative estimate of drug-likeness (QED) is 0.0101. The van der Waals surface area contributed by atoms with Crippen LogP contribution >= 0.6 is 7.82 Å². The van der Waals surface area contributed by atoms with E-state index in [0.29, 0.717) is 12.8 Å². The molecule has 0 aromatic rings. The van der Waals surface area contributed by atoms with Crippen LogP contribution in [0.25, 0.3) is 0 Å². The van der Waals surface area contributed by atoms with E-state index in [1.165, 1.54) is 83.3 Å². The lowest BCUT2D eigenvalue weighted by molar-refractivity contribution is -0.220. The molecule has 6 unspecified atom stereocenters. The van der Waals surface area contributed by atoms with Gasteiger partial charge in [-0.2, -0.15) is 0 Å². The zero-order valence-electron chi connectivity index (χ0n) is 37.1. The Labute approximate surface area is 367 Å². The average Bonchev–Trinajstić information content (AvgIpc) is 3.24. The Bertz CT molecular complexity index is 1240. The molecule has 1 rings (SSSR count). The van der Waals surface area contributed by atoms with Gasteiger partial charge in [0.1, 0.15) is 43.2 Å². The van der Waals surface area contributed by atoms with E-state index >= 15 is 0 Å². The van der Waals surface area contributed by atoms with Crippen molar-refractivity contribution >= 4 is 13.8 Å². The van der Waals surface area contributed by atoms with Crippen molar-refractivity contribution in [1.82, 2.24) is 0 Å². The van der Waals surface area contributed by atoms with Crippen molar-refractivity contribution in [3.63, 3.8) is 0 Å². The number of carbonyl (C=O) groups is 1. The number of phosphoric acid groups is 1. The number of esters is 1. The maximum absolute atomic E-state index is 12.8. The van der Waals surface area contributed by atoms with Crippen molar-refractivity contribution in [3.8, 4) is 0 Å². The first-order chi connectivity index (χ1) is 29.5. The fraction of sp³-hybridized carbons (Fsp3) is 0.766. The van der Waals surface area contributed by atoms with Gasteiger partial charge >= 0.3 is 13.8 Å². The van der Waals surface area contributed by atoms with Crippen LogP contribution in [0, 0.1) is 0 Å². The topological polar surface area (TPSA) is 213 Å². The van der Waals surface area contributed by atoms with E-state index < -0.39 is 63.1 Å². The lowest BCUT2D eigenvalue weighted by atomic mass is 9.85. The summed E-state index contributed by atoms with van der Waals surface area (Å²) in [6, 6.07) is 0. The highest BCUT2D eigenvalue weighted by molar-refractivity contribution is 7.47. The summed E-state index contributed by atoms with van der Waals surface area (Å²) >= 11 is 0. The zero-order chi connectivity index (χ0) is 44.8. The van der Waals surface area contributed by atoms with Gasteiger partial charge in [0.15, 0.2) is 6.10 Å². The molecule has 1 fully saturated rings. The molecule has 1 aliphatic carbocycles. The van der Waals surface area contributed by atoms with Crippen LogP contribution in [-0.2, 0) is 27.9 Å². The smallest absolute Gasteiger partial charge is 0.472 e. The molecule has 0 spiro atoms. The predicted octanol–water partition coefficient (Wildman–Crippen LogP) is 8.74. The molecular formula is C47H83O13P. The summed E-state index contributed by atoms with van der Waals surface area (Å²) in [6.45, 7) is 1.68. The third-order valence-corrected chi connectivity index (χ3v) is 11.5. The normalized spacial score (nSPS) is 22.6. The van der Waals surface area contributed by atoms with Crippen LogP contribution in [0.5, 0.6) is 0 Å². The van der Waals surface area contributed by atoms with Gasteiger partial charge in [-0.25, -0.2) is 4.57 Å². The first-order valence-corrected chi connectivity index (χ1v) is 24.8. The van der Waals surface area contributed by atoms with Gasteiger partial charge in [0.25, 0.3) is 0 Å². The van der Waals surface area contributed by atoms with Gasteiger partial charge < -0.3 is 45.0 Å². The summed E-state index contributed by atoms with van der Waals surface area (Å²) in [5.41, 5.74) is 0. The van der Waals surface area contributed by atoms with Crippen molar-refractivity contribution in [2.24, 2.45) is 0 Å². The molecule has 7 N–H and O–H groups in total. The molecule has 1 saturated carbocycles. The molecule has 0 heterocycles. The van der Waals surface area contributed by atoms with Gasteiger partial charge in [-0.1, -0.05) is 145 Å². The molecule has 0 aromatic heterocycles. The van der Waals surface area contributed by atoms with Crippen LogP contribution in [0.2, 0.25) is 0 Å². The maximum Gasteiger partial charge on any atom is 0.472 e. The fourth-order valence-electron chi connectivity index (χ4n) is 6.76. The van der Waals surface area contributed by atoms with Crippen LogP contribution in [0.3, 0.4) is 0 Å². The second-order valence-electron chi connectivity index (χ2n) is 16.0. The van der Waals surface area contributed by atoms with Crippen LogP contribution in [0.1, 0.15) is 167 Å². The van der Waals surface area contributed by atoms with Crippen LogP contribution in [-0.4, -0.2) is 104 Å². The molecule has 0 aliphatic heterocycles. The Kier molecular flexibility index (Phi) is 35.7. The third kappa shape index (κ3) is 30.5. The Balaban J connectivity index is 2.47. The van der Waals surface area contributed by atoms with Crippen LogP contribution in [0.4, 0.5) is 0 Å². The van der Waals surface area contributed by atoms with Crippen LogP contribution in [0.15, 0.2) is 60.9 Å². The molecule has 13 nitrogen and oxygen atoms in total. The summed E-state index contributed by atoms with van der Waals surface area (Å²) in [7, 11) is -5.06. The van der Waals surface area contributed by atoms with Gasteiger partial charge in [0.2, 0.25) is 0 Å². The fourth-order valence-corrected chi connectivity index (χ4v) is 7.74. The number of aliphatic hydroxyl groups excluding tert-OH is 6. The van der Waals surface area contributed by atoms with E-state index in [9.17, 15) is 39.8 Å². The van der Waals surface area contributed by atoms with E-state index in [4.69, 9.17) is 23.6 Å². The molecule has 0 aromatic carbocycles. The van der Waals surface area contributed by atoms with Gasteiger partial charge in [0.05, 0.1) is 12.9 Å². The number of hydrogen-bond donors (Lipinski definition) is 7. The van der Waals surface area contributed by atoms with Gasteiger partial charge in [-0.3, -0.25) is 13.8 Å². The average molecular weight is 887 g/mol. The number of ether oxygens (including phenoxy) is 2. The molecular weight excluding hydrogens is 803 g/mol. The van der Waals surface area contributed by atoms with Crippen molar-refractivity contribution in [1.29, 1.82) is 0 Å². The predicted molar refractivity (Wildman–Crippen MR) is 240 cm³/mol. The number of aliphatic hydroxyl groups is 6. The summed E-state index contributed by atoms with van der Waals surface area (Å²) in [5.74, 6) is -0.563. The van der Waals surface area contributed by atoms with E-state index in [1.807, 2.05) is 18.2 Å². The van der Waals surface area contributed by atoms with E-state index in [-0.39, 0.29) is 19.6 Å². The Morgan fingerprint density at radius 2 is 0.984 bits per heavy atom. The third-order valence-electron chi connectivity index (χ3n) is 10.5. The van der Waals surface area contributed by atoms with Crippen molar-refractivity contribution in [2.75, 3.05) is 19.8 Å². The summed E-state index contributed by atoms with van der Waals surface area (Å²) in [4.78, 5) is 23.1. The zero-order valence-corrected chi connectivity index (χ0v) is 38.0. The van der Waals surface area contributed by atoms with Crippen molar-refractivity contribution in [3.05, 3.63) is 60.9 Å². The summed E-state index contributed by atoms with van der Waals surface area (Å²) in [5, 5.41) is 58.9. The van der Waals surface area contributed by atoms with Gasteiger partial charge in [-0.05, 0) is 70.3 Å². The van der Waals surface area contributed by atoms with Gasteiger partial charge in [-0.15, -0.1) is 0 Å². The SMILES string of the molecule is CCCCCCCCCCCCCCCCC=COCC(COP(=O)(O)OC1C(O)C(O)C(O)C(O)C1O)OC(=O)CCCC=CCC=CCC=CCC=CCCCCCO. The van der Waals surface area contributed by atoms with Gasteiger partial charge in [0, 0.05) is 13.0 Å². The number of allylic oxidation sites excluding steroid dienone is 9. The molecule has 1 aliphatic rings. The van der Waals surface area contributed by atoms with E-state index in [2.05, 4.69) is 43.4 Å². The number of rotatable bonds is 39. The lowest BCUT2D eigenvalue weighted by Gasteiger charge is -2.41. The Morgan fingerprint density at radius 1 is 0.557 bits per heavy atom. The lowest BCUT2D eigenvalue weighted by Crippen LogP contribution is -2.64. The molecule has 6 atom stereocenters. The molecule has 0 radical (unpaired) electrons. The van der Waals surface area contributed by atoms with E-state index in [0.717, 1.165) is 64.2 Å². The number of hydrogen-bond acceptors (Lipinski definition) is 12. The minimum Gasteiger partial charge on any atom is -0.498 e. The Morgan fingerprint density at radius 3 is 1.49 bits per heavy atom. The standard InChI is InChI=1S/C47H83O13P/c1-2-3-4-5-6-7-8-9-10-16-19-22-25-28-31-34-37-57-38-40(39-58-61(55,56)60-47-45(53)43(51)42(50)44(52)46(47)54)59-41(49)35-32-29-26-23-20-17-14-12-11-13-15-18-21-24-27-30-33-36-48/h11,13-14,17-18,21,23,26,34,37,40,42-48,50-54H,2-10,12,15-16,19-20,22,24-25,27-33,35-36,38-39H2,1H3,(H,55,56). The first kappa shape index (κ1) is 56.9. The molecule has 354 valence electrons. The minimum atomic E-state index is -5.06. The Hall–Kier alpha value is -2.16. The monoisotopic (exact) mass is 887 g/mol. The number of carbonyl (C=O) groups excluding carboxylic acids is 1. The summed E-state index contributed by atoms with van der Waals surface area (Å²) < 4.78 is 33.9. The number of unbranched alkanes of at least 4 members (excludes halogenated alkanes) is 18. The minimum absolute atomic E-state index is 0.0827. The highest BCUT2D eigenvalue weighted by atomic mass is 31.2. The largest absolute Gasteiger partial charge is 0.498 e. The highest BCUT2D eigenvalue weighted by Crippen LogP contribution is 2.47. The number of phosphoric ester groups is 1. The second-order valence-corrected chi connectivity index (χ2v) is 17.5. The molecule has 61 heavy (non-hydrogen) atoms. The molecule has 0 amide bonds. The highest BCUT2D eigenvalue weighted by Gasteiger charge is 2.51. The van der Waals surface area contributed by atoms with Crippen molar-refractivity contribution in [2.45, 2.75) is 210 Å². The van der Waals surface area contributed by atoms with Crippen molar-refractivity contribution < 1.29 is 63.4 Å². The molecule has 0 bridgehead atoms. The summed E-state index contributed by atoms with van der Waals surface area (Å²) in [6.07, 6.45) is 33.8. The van der Waals surface area contributed by atoms with Crippen LogP contribution < -0.4 is 0 Å². The maximum atomic E-state index is 12.8. The van der Waals surface area contributed by atoms with E-state index in [1.54, 1.807) is 0 Å². The first-order valence-electron chi connectivity index (χ1n) is 23.3.